The predicted molar refractivity (Wildman–Crippen MR) is 164 cm³/mol. The number of carbonyl (C=O) groups is 2. The van der Waals surface area contributed by atoms with Crippen LogP contribution in [-0.4, -0.2) is 80.9 Å². The fraction of sp³-hybridized carbons (Fsp3) is 0.448. The van der Waals surface area contributed by atoms with Crippen LogP contribution in [0.2, 0.25) is 0 Å². The first-order valence-electron chi connectivity index (χ1n) is 14.2. The smallest absolute Gasteiger partial charge is 0.408 e. The number of hydrogen-bond donors (Lipinski definition) is 1. The van der Waals surface area contributed by atoms with Gasteiger partial charge in [-0.2, -0.15) is 0 Å². The largest absolute Gasteiger partial charge is 0.462 e. The number of morpholine rings is 1. The molecule has 5 rings (SSSR count). The molecule has 1 aliphatic heterocycles. The number of amides is 1. The van der Waals surface area contributed by atoms with Crippen molar-refractivity contribution in [1.82, 2.24) is 35.2 Å². The summed E-state index contributed by atoms with van der Waals surface area (Å²) in [5.74, 6) is 1.15. The summed E-state index contributed by atoms with van der Waals surface area (Å²) in [6.07, 6.45) is 7.45. The summed E-state index contributed by atoms with van der Waals surface area (Å²) >= 11 is 1.61. The molecule has 1 N–H and O–H groups in total. The summed E-state index contributed by atoms with van der Waals surface area (Å²) in [7, 11) is 1.89. The average Bonchev–Trinajstić information content (AvgIpc) is 3.41. The monoisotopic (exact) mass is 621 g/mol. The Labute approximate surface area is 258 Å². The number of thiophene rings is 1. The molecule has 1 saturated heterocycles. The Morgan fingerprint density at radius 3 is 2.57 bits per heavy atom. The second-order valence-electron chi connectivity index (χ2n) is 11.1. The number of hydrogen-bond acceptors (Lipinski definition) is 14. The van der Waals surface area contributed by atoms with Crippen molar-refractivity contribution < 1.29 is 23.8 Å². The maximum Gasteiger partial charge on any atom is 0.408 e. The van der Waals surface area contributed by atoms with Gasteiger partial charge in [0, 0.05) is 48.8 Å². The maximum absolute atomic E-state index is 11.9. The number of rotatable bonds is 9. The number of nitrogens with one attached hydrogen (secondary N) is 1. The fourth-order valence-corrected chi connectivity index (χ4v) is 5.40. The number of fused-ring (bicyclic) bond motifs is 1. The third kappa shape index (κ3) is 7.90. The first-order valence-corrected chi connectivity index (χ1v) is 15.0. The zero-order chi connectivity index (χ0) is 31.3. The highest BCUT2D eigenvalue weighted by Crippen LogP contribution is 2.29. The van der Waals surface area contributed by atoms with E-state index >= 15 is 0 Å². The van der Waals surface area contributed by atoms with E-state index in [0.717, 1.165) is 20.7 Å². The zero-order valence-electron chi connectivity index (χ0n) is 25.3. The summed E-state index contributed by atoms with van der Waals surface area (Å²) < 4.78 is 17.2. The fourth-order valence-electron chi connectivity index (χ4n) is 4.37. The van der Waals surface area contributed by atoms with Crippen molar-refractivity contribution in [3.8, 4) is 0 Å². The van der Waals surface area contributed by atoms with E-state index in [1.54, 1.807) is 51.4 Å². The molecule has 0 saturated carbocycles. The SMILES string of the molecule is CCOC(=O)c1cnc(N(C)Cc2cc3nc(N4CCOC(c5cnc(CNC(=O)OC(C)(C)C)nc5)C4)ncc3s2)nc1. The van der Waals surface area contributed by atoms with Crippen molar-refractivity contribution in [3.63, 3.8) is 0 Å². The molecule has 14 nitrogen and oxygen atoms in total. The lowest BCUT2D eigenvalue weighted by atomic mass is 10.1. The van der Waals surface area contributed by atoms with Crippen molar-refractivity contribution in [2.24, 2.45) is 0 Å². The lowest BCUT2D eigenvalue weighted by molar-refractivity contribution is 0.0387. The van der Waals surface area contributed by atoms with Crippen LogP contribution in [0.5, 0.6) is 0 Å². The molecule has 1 atom stereocenters. The summed E-state index contributed by atoms with van der Waals surface area (Å²) in [6, 6.07) is 2.05. The number of esters is 1. The van der Waals surface area contributed by atoms with E-state index in [1.165, 1.54) is 12.4 Å². The van der Waals surface area contributed by atoms with Gasteiger partial charge in [-0.05, 0) is 33.8 Å². The standard InChI is InChI=1S/C29H35N9O5S/c1-6-41-25(39)19-12-32-26(33-13-19)37(5)16-20-9-21-23(44-20)14-34-27(36-21)38-7-8-42-22(17-38)18-10-30-24(31-11-18)15-35-28(40)43-29(2,3)4/h9-14,22H,6-8,15-17H2,1-5H3,(H,35,40). The van der Waals surface area contributed by atoms with Gasteiger partial charge in [0.1, 0.15) is 17.5 Å². The summed E-state index contributed by atoms with van der Waals surface area (Å²) in [6.45, 7) is 9.89. The third-order valence-electron chi connectivity index (χ3n) is 6.43. The predicted octanol–water partition coefficient (Wildman–Crippen LogP) is 3.69. The maximum atomic E-state index is 11.9. The number of alkyl carbamates (subject to hydrolysis) is 1. The highest BCUT2D eigenvalue weighted by atomic mass is 32.1. The molecule has 1 fully saturated rings. The Hall–Kier alpha value is -4.50. The van der Waals surface area contributed by atoms with Crippen LogP contribution in [0.3, 0.4) is 0 Å². The lowest BCUT2D eigenvalue weighted by Gasteiger charge is -2.32. The number of carbonyl (C=O) groups excluding carboxylic acids is 2. The van der Waals surface area contributed by atoms with Crippen molar-refractivity contribution in [3.05, 3.63) is 58.9 Å². The Kier molecular flexibility index (Phi) is 9.44. The molecule has 1 aliphatic rings. The number of aromatic nitrogens is 6. The van der Waals surface area contributed by atoms with Crippen LogP contribution in [0.1, 0.15) is 60.4 Å². The van der Waals surface area contributed by atoms with Gasteiger partial charge in [0.05, 0.1) is 54.8 Å². The van der Waals surface area contributed by atoms with Gasteiger partial charge in [0.25, 0.3) is 0 Å². The molecule has 0 spiro atoms. The first-order chi connectivity index (χ1) is 21.1. The average molecular weight is 622 g/mol. The Bertz CT molecular complexity index is 1590. The van der Waals surface area contributed by atoms with Crippen molar-refractivity contribution in [2.75, 3.05) is 43.2 Å². The highest BCUT2D eigenvalue weighted by Gasteiger charge is 2.25. The van der Waals surface area contributed by atoms with Gasteiger partial charge in [-0.1, -0.05) is 0 Å². The summed E-state index contributed by atoms with van der Waals surface area (Å²) in [5, 5.41) is 2.66. The van der Waals surface area contributed by atoms with Gasteiger partial charge in [-0.3, -0.25) is 0 Å². The molecule has 0 radical (unpaired) electrons. The van der Waals surface area contributed by atoms with Crippen LogP contribution in [0.25, 0.3) is 10.2 Å². The topological polar surface area (TPSA) is 158 Å². The molecule has 1 amide bonds. The minimum Gasteiger partial charge on any atom is -0.462 e. The van der Waals surface area contributed by atoms with Crippen LogP contribution >= 0.6 is 11.3 Å². The van der Waals surface area contributed by atoms with E-state index in [2.05, 4.69) is 35.1 Å². The minimum absolute atomic E-state index is 0.161. The number of anilines is 2. The number of ether oxygens (including phenoxy) is 3. The lowest BCUT2D eigenvalue weighted by Crippen LogP contribution is -2.39. The molecule has 5 heterocycles. The minimum atomic E-state index is -0.576. The Balaban J connectivity index is 1.19. The van der Waals surface area contributed by atoms with Gasteiger partial charge in [-0.15, -0.1) is 11.3 Å². The van der Waals surface area contributed by atoms with E-state index < -0.39 is 17.7 Å². The molecule has 15 heteroatoms. The molecule has 4 aromatic rings. The van der Waals surface area contributed by atoms with E-state index in [0.29, 0.717) is 56.1 Å². The molecule has 1 unspecified atom stereocenters. The zero-order valence-corrected chi connectivity index (χ0v) is 26.1. The van der Waals surface area contributed by atoms with Crippen LogP contribution in [0.4, 0.5) is 16.7 Å². The molecular weight excluding hydrogens is 586 g/mol. The van der Waals surface area contributed by atoms with Gasteiger partial charge in [0.2, 0.25) is 11.9 Å². The van der Waals surface area contributed by atoms with Crippen molar-refractivity contribution >= 4 is 45.5 Å². The highest BCUT2D eigenvalue weighted by molar-refractivity contribution is 7.19. The first kappa shape index (κ1) is 30.9. The molecule has 0 aromatic carbocycles. The molecule has 4 aromatic heterocycles. The Morgan fingerprint density at radius 1 is 1.11 bits per heavy atom. The second-order valence-corrected chi connectivity index (χ2v) is 12.2. The van der Waals surface area contributed by atoms with Crippen LogP contribution in [0, 0.1) is 0 Å². The molecular formula is C29H35N9O5S. The molecule has 0 bridgehead atoms. The third-order valence-corrected chi connectivity index (χ3v) is 7.47. The van der Waals surface area contributed by atoms with Gasteiger partial charge in [-0.25, -0.2) is 39.5 Å². The van der Waals surface area contributed by atoms with E-state index in [9.17, 15) is 9.59 Å². The van der Waals surface area contributed by atoms with Gasteiger partial charge in [0.15, 0.2) is 0 Å². The second kappa shape index (κ2) is 13.4. The Morgan fingerprint density at radius 2 is 1.86 bits per heavy atom. The van der Waals surface area contributed by atoms with Crippen molar-refractivity contribution in [2.45, 2.75) is 52.5 Å². The van der Waals surface area contributed by atoms with Crippen LogP contribution < -0.4 is 15.1 Å². The molecule has 44 heavy (non-hydrogen) atoms. The van der Waals surface area contributed by atoms with Crippen LogP contribution in [-0.2, 0) is 27.3 Å². The van der Waals surface area contributed by atoms with Crippen LogP contribution in [0.15, 0.2) is 37.1 Å². The van der Waals surface area contributed by atoms with E-state index in [4.69, 9.17) is 19.2 Å². The molecule has 0 aliphatic carbocycles. The summed E-state index contributed by atoms with van der Waals surface area (Å²) in [5.41, 5.74) is 1.43. The quantitative estimate of drug-likeness (QED) is 0.270. The normalized spacial score (nSPS) is 15.2. The summed E-state index contributed by atoms with van der Waals surface area (Å²) in [4.78, 5) is 55.7. The van der Waals surface area contributed by atoms with Crippen molar-refractivity contribution in [1.29, 1.82) is 0 Å². The van der Waals surface area contributed by atoms with E-state index in [-0.39, 0.29) is 12.6 Å². The van der Waals surface area contributed by atoms with E-state index in [1.807, 2.05) is 24.2 Å². The molecule has 232 valence electrons. The van der Waals surface area contributed by atoms with Gasteiger partial charge >= 0.3 is 12.1 Å². The van der Waals surface area contributed by atoms with Gasteiger partial charge < -0.3 is 29.3 Å². The number of nitrogens with zero attached hydrogens (tertiary/aromatic N) is 8.